The molecule has 2 saturated heterocycles. The van der Waals surface area contributed by atoms with Gasteiger partial charge in [-0.15, -0.1) is 0 Å². The number of carbonyl (C=O) groups excluding carboxylic acids is 1. The molecule has 0 saturated carbocycles. The van der Waals surface area contributed by atoms with Crippen LogP contribution in [0.4, 0.5) is 0 Å². The number of aliphatic hydroxyl groups excluding tert-OH is 6. The number of phenols is 2. The van der Waals surface area contributed by atoms with E-state index in [-0.39, 0.29) is 28.4 Å². The smallest absolute Gasteiger partial charge is 0.303 e. The van der Waals surface area contributed by atoms with E-state index in [0.29, 0.717) is 0 Å². The lowest BCUT2D eigenvalue weighted by Crippen LogP contribution is -2.61. The van der Waals surface area contributed by atoms with Crippen molar-refractivity contribution in [2.45, 2.75) is 75.3 Å². The predicted molar refractivity (Wildman–Crippen MR) is 148 cm³/mol. The summed E-state index contributed by atoms with van der Waals surface area (Å²) in [4.78, 5) is 25.7. The molecule has 0 bridgehead atoms. The quantitative estimate of drug-likeness (QED) is 0.142. The van der Waals surface area contributed by atoms with E-state index in [2.05, 4.69) is 0 Å². The zero-order valence-corrected chi connectivity index (χ0v) is 23.8. The minimum Gasteiger partial charge on any atom is -0.508 e. The Bertz CT molecular complexity index is 1590. The van der Waals surface area contributed by atoms with Gasteiger partial charge in [-0.05, 0) is 31.2 Å². The van der Waals surface area contributed by atoms with Gasteiger partial charge < -0.3 is 69.0 Å². The van der Waals surface area contributed by atoms with E-state index < -0.39 is 96.3 Å². The highest BCUT2D eigenvalue weighted by Gasteiger charge is 2.48. The van der Waals surface area contributed by atoms with Crippen molar-refractivity contribution in [2.75, 3.05) is 6.61 Å². The molecule has 3 aromatic rings. The normalized spacial score (nSPS) is 31.8. The largest absolute Gasteiger partial charge is 0.508 e. The van der Waals surface area contributed by atoms with Crippen LogP contribution in [-0.2, 0) is 19.0 Å². The summed E-state index contributed by atoms with van der Waals surface area (Å²) in [6.07, 6.45) is -15.4. The van der Waals surface area contributed by atoms with Gasteiger partial charge in [0.15, 0.2) is 11.9 Å². The second-order valence-corrected chi connectivity index (χ2v) is 10.6. The maximum atomic E-state index is 13.9. The van der Waals surface area contributed by atoms with Crippen LogP contribution in [0.15, 0.2) is 45.6 Å². The van der Waals surface area contributed by atoms with Gasteiger partial charge in [-0.25, -0.2) is 0 Å². The number of carbonyl (C=O) groups is 1. The van der Waals surface area contributed by atoms with Crippen molar-refractivity contribution in [3.05, 3.63) is 46.6 Å². The summed E-state index contributed by atoms with van der Waals surface area (Å²) in [7, 11) is 0. The van der Waals surface area contributed by atoms with Gasteiger partial charge >= 0.3 is 5.97 Å². The topological polar surface area (TPSA) is 255 Å². The van der Waals surface area contributed by atoms with Crippen molar-refractivity contribution in [3.63, 3.8) is 0 Å². The van der Waals surface area contributed by atoms with Crippen molar-refractivity contribution in [1.82, 2.24) is 0 Å². The molecule has 16 heteroatoms. The molecule has 2 aliphatic heterocycles. The first kappa shape index (κ1) is 32.4. The van der Waals surface area contributed by atoms with Crippen molar-refractivity contribution in [1.29, 1.82) is 0 Å². The van der Waals surface area contributed by atoms with Gasteiger partial charge in [0, 0.05) is 24.6 Å². The van der Waals surface area contributed by atoms with Crippen molar-refractivity contribution in [3.8, 4) is 34.3 Å². The number of hydrogen-bond acceptors (Lipinski definition) is 16. The van der Waals surface area contributed by atoms with E-state index in [1.807, 2.05) is 0 Å². The zero-order chi connectivity index (χ0) is 32.7. The number of aromatic hydroxyl groups is 2. The third-order valence-electron chi connectivity index (χ3n) is 7.46. The fourth-order valence-electron chi connectivity index (χ4n) is 5.07. The number of phenolic OH excluding ortho intramolecular Hbond substituents is 2. The van der Waals surface area contributed by atoms with E-state index in [1.54, 1.807) is 0 Å². The lowest BCUT2D eigenvalue weighted by molar-refractivity contribution is -0.282. The molecule has 1 aromatic heterocycles. The standard InChI is InChI=1S/C29H32O16/c1-10-19(34)22(37)24(39)28(40-10)42-14-7-15(33)18-16(8-14)43-25(12-3-5-13(32)6-4-12)26(21(18)36)45-29-27(41-11(2)31)23(38)20(35)17(9-30)44-29/h3-8,10,17,19-20,22-24,27-30,32-35,37-39H,9H2,1-2H3. The van der Waals surface area contributed by atoms with Gasteiger partial charge in [0.05, 0.1) is 12.7 Å². The van der Waals surface area contributed by atoms with E-state index in [9.17, 15) is 50.4 Å². The predicted octanol–water partition coefficient (Wildman–Crippen LogP) is -1.17. The number of fused-ring (bicyclic) bond motifs is 1. The Labute approximate surface area is 253 Å². The molecule has 2 aliphatic rings. The van der Waals surface area contributed by atoms with Crippen LogP contribution in [0.2, 0.25) is 0 Å². The Hall–Kier alpha value is -4.00. The highest BCUT2D eigenvalue weighted by Crippen LogP contribution is 2.38. The van der Waals surface area contributed by atoms with Gasteiger partial charge in [0.25, 0.3) is 0 Å². The molecule has 10 atom stereocenters. The Kier molecular flexibility index (Phi) is 9.20. The van der Waals surface area contributed by atoms with Crippen molar-refractivity contribution in [2.24, 2.45) is 0 Å². The van der Waals surface area contributed by atoms with Gasteiger partial charge in [0.1, 0.15) is 64.8 Å². The van der Waals surface area contributed by atoms with Gasteiger partial charge in [-0.2, -0.15) is 0 Å². The Morgan fingerprint density at radius 1 is 0.867 bits per heavy atom. The average molecular weight is 637 g/mol. The molecule has 0 aliphatic carbocycles. The van der Waals surface area contributed by atoms with Crippen LogP contribution in [0.25, 0.3) is 22.3 Å². The summed E-state index contributed by atoms with van der Waals surface area (Å²) in [6, 6.07) is 7.49. The third-order valence-corrected chi connectivity index (χ3v) is 7.46. The molecule has 16 nitrogen and oxygen atoms in total. The lowest BCUT2D eigenvalue weighted by Gasteiger charge is -2.41. The molecule has 5 rings (SSSR count). The minimum absolute atomic E-state index is 0.126. The third kappa shape index (κ3) is 6.27. The van der Waals surface area contributed by atoms with E-state index >= 15 is 0 Å². The highest BCUT2D eigenvalue weighted by atomic mass is 16.7. The van der Waals surface area contributed by atoms with Crippen LogP contribution in [-0.4, -0.2) is 115 Å². The number of aliphatic hydroxyl groups is 6. The van der Waals surface area contributed by atoms with E-state index in [0.717, 1.165) is 13.0 Å². The van der Waals surface area contributed by atoms with Crippen LogP contribution in [0, 0.1) is 0 Å². The van der Waals surface area contributed by atoms with Gasteiger partial charge in [0.2, 0.25) is 23.8 Å². The molecule has 0 radical (unpaired) electrons. The van der Waals surface area contributed by atoms with Crippen LogP contribution in [0.1, 0.15) is 13.8 Å². The van der Waals surface area contributed by atoms with Crippen LogP contribution in [0.5, 0.6) is 23.0 Å². The van der Waals surface area contributed by atoms with E-state index in [4.69, 9.17) is 28.1 Å². The fraction of sp³-hybridized carbons (Fsp3) is 0.448. The van der Waals surface area contributed by atoms with Crippen LogP contribution in [0.3, 0.4) is 0 Å². The first-order valence-electron chi connectivity index (χ1n) is 13.8. The fourth-order valence-corrected chi connectivity index (χ4v) is 5.07. The number of benzene rings is 2. The maximum Gasteiger partial charge on any atom is 0.303 e. The second kappa shape index (κ2) is 12.8. The molecular weight excluding hydrogens is 604 g/mol. The Morgan fingerprint density at radius 3 is 2.20 bits per heavy atom. The van der Waals surface area contributed by atoms with E-state index in [1.165, 1.54) is 37.3 Å². The summed E-state index contributed by atoms with van der Waals surface area (Å²) in [5.74, 6) is -2.74. The molecule has 0 amide bonds. The summed E-state index contributed by atoms with van der Waals surface area (Å²) >= 11 is 0. The van der Waals surface area contributed by atoms with Crippen LogP contribution < -0.4 is 14.9 Å². The molecule has 2 fully saturated rings. The first-order chi connectivity index (χ1) is 21.3. The average Bonchev–Trinajstić information content (AvgIpc) is 2.99. The SMILES string of the molecule is CC(=O)OC1C(Oc2c(-c3ccc(O)cc3)oc3cc(OC4OC(C)C(O)C(O)C4O)cc(O)c3c2=O)OC(CO)C(O)C1O. The molecular formula is C29H32O16. The molecule has 3 heterocycles. The Morgan fingerprint density at radius 2 is 1.56 bits per heavy atom. The lowest BCUT2D eigenvalue weighted by atomic mass is 9.99. The molecule has 8 N–H and O–H groups in total. The summed E-state index contributed by atoms with van der Waals surface area (Å²) in [5, 5.41) is 81.3. The molecule has 45 heavy (non-hydrogen) atoms. The number of rotatable bonds is 7. The molecule has 2 aromatic carbocycles. The summed E-state index contributed by atoms with van der Waals surface area (Å²) in [6.45, 7) is 1.70. The Balaban J connectivity index is 1.60. The number of esters is 1. The minimum atomic E-state index is -1.80. The van der Waals surface area contributed by atoms with Crippen molar-refractivity contribution >= 4 is 16.9 Å². The number of hydrogen-bond donors (Lipinski definition) is 8. The molecule has 244 valence electrons. The monoisotopic (exact) mass is 636 g/mol. The van der Waals surface area contributed by atoms with Gasteiger partial charge in [-0.1, -0.05) is 0 Å². The molecule has 0 spiro atoms. The summed E-state index contributed by atoms with van der Waals surface area (Å²) in [5.41, 5.74) is -1.06. The molecule has 10 unspecified atom stereocenters. The number of ether oxygens (including phenoxy) is 5. The zero-order valence-electron chi connectivity index (χ0n) is 23.8. The maximum absolute atomic E-state index is 13.9. The summed E-state index contributed by atoms with van der Waals surface area (Å²) < 4.78 is 33.5. The highest BCUT2D eigenvalue weighted by molar-refractivity contribution is 5.88. The first-order valence-corrected chi connectivity index (χ1v) is 13.8. The van der Waals surface area contributed by atoms with Gasteiger partial charge in [-0.3, -0.25) is 9.59 Å². The van der Waals surface area contributed by atoms with Crippen LogP contribution >= 0.6 is 0 Å². The second-order valence-electron chi connectivity index (χ2n) is 10.6. The van der Waals surface area contributed by atoms with Crippen molar-refractivity contribution < 1.29 is 73.7 Å².